The number of thiazole rings is 1. The number of carbonyl (C=O) groups is 1. The van der Waals surface area contributed by atoms with Crippen LogP contribution < -0.4 is 19.5 Å². The molecule has 1 aromatic carbocycles. The van der Waals surface area contributed by atoms with Crippen LogP contribution in [0.5, 0.6) is 17.2 Å². The number of aromatic nitrogens is 1. The summed E-state index contributed by atoms with van der Waals surface area (Å²) in [4.78, 5) is 17.3. The number of aliphatic hydroxyl groups is 1. The van der Waals surface area contributed by atoms with Crippen molar-refractivity contribution in [2.24, 2.45) is 0 Å². The molecule has 1 amide bonds. The number of aliphatic hydroxyl groups excluding tert-OH is 1. The van der Waals surface area contributed by atoms with Crippen molar-refractivity contribution in [3.8, 4) is 17.2 Å². The molecule has 1 unspecified atom stereocenters. The number of nitrogens with zero attached hydrogens (tertiary/aromatic N) is 1. The van der Waals surface area contributed by atoms with E-state index in [0.717, 1.165) is 17.8 Å². The Balaban J connectivity index is 1.90. The first-order chi connectivity index (χ1) is 13.0. The van der Waals surface area contributed by atoms with Gasteiger partial charge >= 0.3 is 0 Å². The van der Waals surface area contributed by atoms with Gasteiger partial charge in [-0.05, 0) is 31.9 Å². The molecule has 0 saturated heterocycles. The molecule has 8 heteroatoms. The topological polar surface area (TPSA) is 89.9 Å². The zero-order valence-corrected chi connectivity index (χ0v) is 16.9. The van der Waals surface area contributed by atoms with E-state index >= 15 is 0 Å². The average Bonchev–Trinajstić information content (AvgIpc) is 3.04. The number of hydrogen-bond donors (Lipinski definition) is 2. The van der Waals surface area contributed by atoms with Gasteiger partial charge < -0.3 is 24.6 Å². The zero-order chi connectivity index (χ0) is 19.8. The van der Waals surface area contributed by atoms with Gasteiger partial charge in [0.05, 0.1) is 24.9 Å². The first kappa shape index (κ1) is 21.0. The molecule has 0 saturated carbocycles. The molecule has 0 aliphatic rings. The highest BCUT2D eigenvalue weighted by Crippen LogP contribution is 2.36. The van der Waals surface area contributed by atoms with Crippen LogP contribution in [-0.2, 0) is 6.42 Å². The van der Waals surface area contributed by atoms with Crippen LogP contribution in [0.15, 0.2) is 18.2 Å². The van der Waals surface area contributed by atoms with Gasteiger partial charge in [0.25, 0.3) is 5.91 Å². The second-order valence-electron chi connectivity index (χ2n) is 5.94. The van der Waals surface area contributed by atoms with Crippen LogP contribution in [0.2, 0.25) is 0 Å². The summed E-state index contributed by atoms with van der Waals surface area (Å²) in [7, 11) is 3.06. The maximum Gasteiger partial charge on any atom is 0.263 e. The van der Waals surface area contributed by atoms with Crippen molar-refractivity contribution >= 4 is 17.2 Å². The van der Waals surface area contributed by atoms with Crippen LogP contribution >= 0.6 is 11.3 Å². The van der Waals surface area contributed by atoms with Crippen LogP contribution in [0, 0.1) is 6.92 Å². The normalized spacial score (nSPS) is 11.7. The predicted octanol–water partition coefficient (Wildman–Crippen LogP) is 2.59. The summed E-state index contributed by atoms with van der Waals surface area (Å²) >= 11 is 1.39. The summed E-state index contributed by atoms with van der Waals surface area (Å²) in [5.74, 6) is 1.19. The van der Waals surface area contributed by atoms with Gasteiger partial charge in [-0.2, -0.15) is 0 Å². The van der Waals surface area contributed by atoms with Gasteiger partial charge in [0.2, 0.25) is 5.75 Å². The molecule has 0 aliphatic carbocycles. The molecule has 0 fully saturated rings. The highest BCUT2D eigenvalue weighted by atomic mass is 32.1. The maximum absolute atomic E-state index is 12.3. The van der Waals surface area contributed by atoms with Crippen molar-refractivity contribution in [3.05, 3.63) is 33.8 Å². The minimum Gasteiger partial charge on any atom is -0.493 e. The number of nitrogens with one attached hydrogen (secondary N) is 1. The lowest BCUT2D eigenvalue weighted by Crippen LogP contribution is -2.35. The number of hydrogen-bond acceptors (Lipinski definition) is 7. The smallest absolute Gasteiger partial charge is 0.263 e. The molecule has 2 aromatic rings. The molecule has 27 heavy (non-hydrogen) atoms. The average molecular weight is 394 g/mol. The summed E-state index contributed by atoms with van der Waals surface area (Å²) in [5.41, 5.74) is 0.713. The van der Waals surface area contributed by atoms with Crippen molar-refractivity contribution in [2.75, 3.05) is 27.4 Å². The monoisotopic (exact) mass is 394 g/mol. The quantitative estimate of drug-likeness (QED) is 0.644. The van der Waals surface area contributed by atoms with Gasteiger partial charge in [0.1, 0.15) is 17.6 Å². The standard InChI is InChI=1S/C19H26N2O5S/c1-5-7-16-21-12(2)18(27-16)19(23)20-10-13(22)11-26-17-14(24-3)8-6-9-15(17)25-4/h6,8-9,13,22H,5,7,10-11H2,1-4H3,(H,20,23). The molecule has 0 aliphatic heterocycles. The van der Waals surface area contributed by atoms with Gasteiger partial charge in [0.15, 0.2) is 11.5 Å². The third-order valence-corrected chi connectivity index (χ3v) is 5.03. The van der Waals surface area contributed by atoms with Crippen LogP contribution in [0.4, 0.5) is 0 Å². The number of aryl methyl sites for hydroxylation is 2. The second kappa shape index (κ2) is 10.1. The summed E-state index contributed by atoms with van der Waals surface area (Å²) < 4.78 is 16.1. The lowest BCUT2D eigenvalue weighted by molar-refractivity contribution is 0.0836. The van der Waals surface area contributed by atoms with E-state index in [1.807, 2.05) is 6.92 Å². The fourth-order valence-corrected chi connectivity index (χ4v) is 3.56. The van der Waals surface area contributed by atoms with E-state index in [0.29, 0.717) is 27.8 Å². The predicted molar refractivity (Wildman–Crippen MR) is 104 cm³/mol. The van der Waals surface area contributed by atoms with Crippen molar-refractivity contribution in [2.45, 2.75) is 32.8 Å². The van der Waals surface area contributed by atoms with Gasteiger partial charge in [-0.1, -0.05) is 13.0 Å². The third kappa shape index (κ3) is 5.58. The van der Waals surface area contributed by atoms with E-state index in [4.69, 9.17) is 14.2 Å². The Morgan fingerprint density at radius 2 is 1.96 bits per heavy atom. The molecule has 0 spiro atoms. The largest absolute Gasteiger partial charge is 0.493 e. The Labute approximate surface area is 163 Å². The molecular weight excluding hydrogens is 368 g/mol. The lowest BCUT2D eigenvalue weighted by Gasteiger charge is -2.17. The van der Waals surface area contributed by atoms with Crippen LogP contribution in [-0.4, -0.2) is 49.5 Å². The van der Waals surface area contributed by atoms with Crippen LogP contribution in [0.25, 0.3) is 0 Å². The molecule has 148 valence electrons. The number of carbonyl (C=O) groups excluding carboxylic acids is 1. The molecule has 1 heterocycles. The SMILES string of the molecule is CCCc1nc(C)c(C(=O)NCC(O)COc2c(OC)cccc2OC)s1. The first-order valence-corrected chi connectivity index (χ1v) is 9.58. The van der Waals surface area contributed by atoms with E-state index in [-0.39, 0.29) is 19.1 Å². The Morgan fingerprint density at radius 1 is 1.30 bits per heavy atom. The summed E-state index contributed by atoms with van der Waals surface area (Å²) in [6, 6.07) is 5.27. The molecular formula is C19H26N2O5S. The van der Waals surface area contributed by atoms with Crippen molar-refractivity contribution in [1.82, 2.24) is 10.3 Å². The summed E-state index contributed by atoms with van der Waals surface area (Å²) in [5, 5.41) is 13.8. The molecule has 0 radical (unpaired) electrons. The highest BCUT2D eigenvalue weighted by molar-refractivity contribution is 7.13. The van der Waals surface area contributed by atoms with Crippen molar-refractivity contribution in [3.63, 3.8) is 0 Å². The number of benzene rings is 1. The van der Waals surface area contributed by atoms with Crippen molar-refractivity contribution < 1.29 is 24.1 Å². The van der Waals surface area contributed by atoms with E-state index < -0.39 is 6.10 Å². The Hall–Kier alpha value is -2.32. The fourth-order valence-electron chi connectivity index (χ4n) is 2.47. The molecule has 0 bridgehead atoms. The lowest BCUT2D eigenvalue weighted by atomic mass is 10.3. The van der Waals surface area contributed by atoms with Gasteiger partial charge in [0, 0.05) is 6.54 Å². The van der Waals surface area contributed by atoms with E-state index in [1.165, 1.54) is 25.6 Å². The molecule has 2 N–H and O–H groups in total. The maximum atomic E-state index is 12.3. The molecule has 2 rings (SSSR count). The number of ether oxygens (including phenoxy) is 3. The minimum atomic E-state index is -0.882. The number of amides is 1. The summed E-state index contributed by atoms with van der Waals surface area (Å²) in [6.45, 7) is 3.94. The Bertz CT molecular complexity index is 740. The van der Waals surface area contributed by atoms with Gasteiger partial charge in [-0.3, -0.25) is 4.79 Å². The molecule has 1 atom stereocenters. The van der Waals surface area contributed by atoms with Gasteiger partial charge in [-0.25, -0.2) is 4.98 Å². The third-order valence-electron chi connectivity index (χ3n) is 3.81. The Kier molecular flexibility index (Phi) is 7.87. The van der Waals surface area contributed by atoms with Gasteiger partial charge in [-0.15, -0.1) is 11.3 Å². The fraction of sp³-hybridized carbons (Fsp3) is 0.474. The second-order valence-corrected chi connectivity index (χ2v) is 7.02. The Morgan fingerprint density at radius 3 is 2.56 bits per heavy atom. The van der Waals surface area contributed by atoms with Crippen LogP contribution in [0.3, 0.4) is 0 Å². The zero-order valence-electron chi connectivity index (χ0n) is 16.1. The van der Waals surface area contributed by atoms with E-state index in [9.17, 15) is 9.90 Å². The minimum absolute atomic E-state index is 0.0141. The van der Waals surface area contributed by atoms with E-state index in [2.05, 4.69) is 17.2 Å². The summed E-state index contributed by atoms with van der Waals surface area (Å²) in [6.07, 6.45) is 0.957. The number of rotatable bonds is 10. The van der Waals surface area contributed by atoms with Crippen molar-refractivity contribution in [1.29, 1.82) is 0 Å². The number of para-hydroxylation sites is 1. The number of methoxy groups -OCH3 is 2. The molecule has 1 aromatic heterocycles. The van der Waals surface area contributed by atoms with E-state index in [1.54, 1.807) is 18.2 Å². The highest BCUT2D eigenvalue weighted by Gasteiger charge is 2.17. The van der Waals surface area contributed by atoms with Crippen LogP contribution in [0.1, 0.15) is 33.7 Å². The first-order valence-electron chi connectivity index (χ1n) is 8.76. The molecule has 7 nitrogen and oxygen atoms in total.